The summed E-state index contributed by atoms with van der Waals surface area (Å²) in [5.74, 6) is -2.27. The summed E-state index contributed by atoms with van der Waals surface area (Å²) in [6.45, 7) is 6.92. The van der Waals surface area contributed by atoms with Gasteiger partial charge in [0.25, 0.3) is 5.91 Å². The number of carbonyl (C=O) groups is 2. The molecule has 258 valence electrons. The van der Waals surface area contributed by atoms with Crippen molar-refractivity contribution in [1.29, 1.82) is 0 Å². The zero-order valence-corrected chi connectivity index (χ0v) is 28.8. The first-order chi connectivity index (χ1) is 23.2. The lowest BCUT2D eigenvalue weighted by atomic mass is 9.75. The first kappa shape index (κ1) is 34.9. The van der Waals surface area contributed by atoms with E-state index in [0.29, 0.717) is 27.7 Å². The largest absolute Gasteiger partial charge is 0.495 e. The van der Waals surface area contributed by atoms with Crippen molar-refractivity contribution < 1.29 is 45.6 Å². The Labute approximate surface area is 285 Å². The van der Waals surface area contributed by atoms with Gasteiger partial charge in [0.2, 0.25) is 11.3 Å². The number of carbonyl (C=O) groups excluding carboxylic acids is 2. The molecule has 2 heterocycles. The molecule has 1 saturated carbocycles. The Morgan fingerprint density at radius 2 is 1.63 bits per heavy atom. The second-order valence-electron chi connectivity index (χ2n) is 13.3. The number of methoxy groups -OCH3 is 1. The molecule has 1 aliphatic heterocycles. The van der Waals surface area contributed by atoms with Crippen LogP contribution in [0.4, 0.5) is 8.78 Å². The third kappa shape index (κ3) is 6.55. The molecule has 2 N–H and O–H groups in total. The van der Waals surface area contributed by atoms with E-state index in [1.54, 1.807) is 6.07 Å². The summed E-state index contributed by atoms with van der Waals surface area (Å²) in [4.78, 5) is 26.0. The van der Waals surface area contributed by atoms with E-state index in [-0.39, 0.29) is 47.3 Å². The highest BCUT2D eigenvalue weighted by Crippen LogP contribution is 2.45. The summed E-state index contributed by atoms with van der Waals surface area (Å²) in [7, 11) is 1.59. The highest BCUT2D eigenvalue weighted by atomic mass is 32.2. The van der Waals surface area contributed by atoms with Crippen LogP contribution in [-0.4, -0.2) is 57.4 Å². The molecule has 3 aromatic carbocycles. The summed E-state index contributed by atoms with van der Waals surface area (Å²) in [5, 5.41) is 3.20. The molecule has 1 aliphatic carbocycles. The first-order valence-corrected chi connectivity index (χ1v) is 16.9. The van der Waals surface area contributed by atoms with Crippen molar-refractivity contribution in [2.24, 2.45) is 0 Å². The van der Waals surface area contributed by atoms with E-state index >= 15 is 4.39 Å². The lowest BCUT2D eigenvalue weighted by molar-refractivity contribution is 0.00578. The summed E-state index contributed by atoms with van der Waals surface area (Å²) in [5.41, 5.74) is 0.917. The topological polar surface area (TPSA) is 128 Å². The number of esters is 1. The van der Waals surface area contributed by atoms with E-state index in [4.69, 9.17) is 18.5 Å². The molecule has 6 rings (SSSR count). The number of rotatable bonds is 10. The minimum Gasteiger partial charge on any atom is -0.465 e. The van der Waals surface area contributed by atoms with Crippen molar-refractivity contribution >= 4 is 46.7 Å². The van der Waals surface area contributed by atoms with Crippen LogP contribution in [-0.2, 0) is 38.4 Å². The standard InChI is InChI=1S/C35H37BF2N2O8S/c1-34(2)35(3,4)48-36(47-34)26-14-11-21(30(38)29(26)33(42)45-6)17-40(49(43)44)18-22-15-27-25(16-24(22)19-7-8-19)28(32(41)39-5)31(46-27)20-9-12-23(37)13-10-20/h9-16,19H,7-8,17-18H2,1-6H3,(H,39,41)(H,43,44). The third-order valence-electron chi connectivity index (χ3n) is 9.59. The van der Waals surface area contributed by atoms with Gasteiger partial charge < -0.3 is 23.8 Å². The van der Waals surface area contributed by atoms with Gasteiger partial charge >= 0.3 is 13.1 Å². The Morgan fingerprint density at radius 1 is 1.00 bits per heavy atom. The zero-order chi connectivity index (χ0) is 35.4. The summed E-state index contributed by atoms with van der Waals surface area (Å²) < 4.78 is 77.5. The minimum atomic E-state index is -2.56. The van der Waals surface area contributed by atoms with Crippen molar-refractivity contribution in [3.05, 3.63) is 88.0 Å². The molecule has 2 aliphatic rings. The van der Waals surface area contributed by atoms with Gasteiger partial charge in [0, 0.05) is 36.7 Å². The average molecular weight is 695 g/mol. The number of furan rings is 1. The summed E-state index contributed by atoms with van der Waals surface area (Å²) >= 11 is -2.56. The normalized spacial score (nSPS) is 17.5. The van der Waals surface area contributed by atoms with E-state index in [9.17, 15) is 22.7 Å². The highest BCUT2D eigenvalue weighted by molar-refractivity contribution is 7.76. The molecule has 0 bridgehead atoms. The van der Waals surface area contributed by atoms with Gasteiger partial charge in [0.15, 0.2) is 0 Å². The summed E-state index contributed by atoms with van der Waals surface area (Å²) in [6, 6.07) is 12.1. The van der Waals surface area contributed by atoms with Crippen LogP contribution >= 0.6 is 0 Å². The lowest BCUT2D eigenvalue weighted by Crippen LogP contribution is -2.41. The van der Waals surface area contributed by atoms with Crippen LogP contribution in [0.25, 0.3) is 22.3 Å². The van der Waals surface area contributed by atoms with E-state index in [0.717, 1.165) is 29.8 Å². The second-order valence-corrected chi connectivity index (χ2v) is 14.3. The molecule has 1 amide bonds. The molecule has 14 heteroatoms. The van der Waals surface area contributed by atoms with Crippen LogP contribution in [0.15, 0.2) is 52.9 Å². The molecule has 10 nitrogen and oxygen atoms in total. The number of nitrogens with zero attached hydrogens (tertiary/aromatic N) is 1. The molecule has 1 atom stereocenters. The smallest absolute Gasteiger partial charge is 0.465 e. The number of amides is 1. The fourth-order valence-corrected chi connectivity index (χ4v) is 6.55. The van der Waals surface area contributed by atoms with Gasteiger partial charge in [-0.3, -0.25) is 9.35 Å². The number of fused-ring (bicyclic) bond motifs is 1. The minimum absolute atomic E-state index is 0.0179. The summed E-state index contributed by atoms with van der Waals surface area (Å²) in [6.07, 6.45) is 1.77. The molecule has 49 heavy (non-hydrogen) atoms. The van der Waals surface area contributed by atoms with Gasteiger partial charge in [-0.1, -0.05) is 12.1 Å². The Hall–Kier alpha value is -3.95. The molecular formula is C35H37BF2N2O8S. The molecule has 4 aromatic rings. The quantitative estimate of drug-likeness (QED) is 0.121. The van der Waals surface area contributed by atoms with Crippen LogP contribution in [0.5, 0.6) is 0 Å². The number of hydrogen-bond donors (Lipinski definition) is 2. The molecule has 1 unspecified atom stereocenters. The number of benzene rings is 3. The van der Waals surface area contributed by atoms with E-state index in [2.05, 4.69) is 5.32 Å². The predicted molar refractivity (Wildman–Crippen MR) is 180 cm³/mol. The van der Waals surface area contributed by atoms with Crippen LogP contribution < -0.4 is 10.8 Å². The van der Waals surface area contributed by atoms with Gasteiger partial charge in [0.1, 0.15) is 23.0 Å². The molecular weight excluding hydrogens is 657 g/mol. The fraction of sp³-hybridized carbons (Fsp3) is 0.371. The van der Waals surface area contributed by atoms with E-state index < -0.39 is 47.2 Å². The maximum atomic E-state index is 16.2. The monoisotopic (exact) mass is 694 g/mol. The van der Waals surface area contributed by atoms with Crippen LogP contribution in [0.2, 0.25) is 0 Å². The maximum Gasteiger partial charge on any atom is 0.495 e. The number of halogens is 2. The Bertz CT molecular complexity index is 1960. The third-order valence-corrected chi connectivity index (χ3v) is 10.3. The van der Waals surface area contributed by atoms with E-state index in [1.807, 2.05) is 33.8 Å². The molecule has 0 radical (unpaired) electrons. The van der Waals surface area contributed by atoms with Crippen molar-refractivity contribution in [2.45, 2.75) is 70.7 Å². The van der Waals surface area contributed by atoms with Crippen molar-refractivity contribution in [2.75, 3.05) is 14.2 Å². The Morgan fingerprint density at radius 3 is 2.20 bits per heavy atom. The maximum absolute atomic E-state index is 16.2. The van der Waals surface area contributed by atoms with Crippen molar-refractivity contribution in [3.63, 3.8) is 0 Å². The fourth-order valence-electron chi connectivity index (χ4n) is 6.05. The number of hydrogen-bond acceptors (Lipinski definition) is 7. The zero-order valence-electron chi connectivity index (χ0n) is 28.0. The van der Waals surface area contributed by atoms with Crippen molar-refractivity contribution in [1.82, 2.24) is 9.62 Å². The lowest BCUT2D eigenvalue weighted by Gasteiger charge is -2.32. The highest BCUT2D eigenvalue weighted by Gasteiger charge is 2.53. The van der Waals surface area contributed by atoms with Gasteiger partial charge in [-0.15, -0.1) is 0 Å². The number of ether oxygens (including phenoxy) is 1. The SMILES string of the molecule is CNC(=O)c1c(-c2ccc(F)cc2)oc2cc(CN(Cc3ccc(B4OC(C)(C)C(C)(C)O4)c(C(=O)OC)c3F)S(=O)O)c(C3CC3)cc12. The molecule has 1 saturated heterocycles. The van der Waals surface area contributed by atoms with Gasteiger partial charge in [-0.2, -0.15) is 4.31 Å². The van der Waals surface area contributed by atoms with Crippen LogP contribution in [0.3, 0.4) is 0 Å². The Kier molecular flexibility index (Phi) is 9.31. The molecule has 0 spiro atoms. The van der Waals surface area contributed by atoms with Gasteiger partial charge in [-0.05, 0) is 99.4 Å². The van der Waals surface area contributed by atoms with E-state index in [1.165, 1.54) is 43.4 Å². The van der Waals surface area contributed by atoms with Gasteiger partial charge in [-0.25, -0.2) is 17.8 Å². The molecule has 1 aromatic heterocycles. The predicted octanol–water partition coefficient (Wildman–Crippen LogP) is 5.84. The molecule has 2 fully saturated rings. The van der Waals surface area contributed by atoms with Crippen molar-refractivity contribution in [3.8, 4) is 11.3 Å². The second kappa shape index (κ2) is 13.1. The average Bonchev–Trinajstić information content (AvgIpc) is 3.79. The Balaban J connectivity index is 1.38. The van der Waals surface area contributed by atoms with Crippen LogP contribution in [0.1, 0.15) is 83.9 Å². The van der Waals surface area contributed by atoms with Crippen LogP contribution in [0, 0.1) is 11.6 Å². The number of nitrogens with one attached hydrogen (secondary N) is 1. The first-order valence-electron chi connectivity index (χ1n) is 15.8. The van der Waals surface area contributed by atoms with Gasteiger partial charge in [0.05, 0.1) is 29.4 Å².